The number of carbonyl (C=O) groups is 3. The Bertz CT molecular complexity index is 1110. The topological polar surface area (TPSA) is 106 Å². The SMILES string of the molecule is O=C1NCCNC(=O)C2(C/C=C/COc3ccccc31)CCN(C(=O)c1ccn(C(F)F)n1)CC2. The van der Waals surface area contributed by atoms with E-state index in [9.17, 15) is 23.2 Å². The zero-order valence-corrected chi connectivity index (χ0v) is 19.1. The molecule has 1 spiro atoms. The molecule has 0 unspecified atom stereocenters. The number of fused-ring (bicyclic) bond motifs is 1. The molecular formula is C24H27F2N5O4. The minimum absolute atomic E-state index is 0.0511. The van der Waals surface area contributed by atoms with Crippen LogP contribution in [0.2, 0.25) is 0 Å². The molecule has 3 heterocycles. The highest BCUT2D eigenvalue weighted by Gasteiger charge is 2.41. The van der Waals surface area contributed by atoms with Crippen LogP contribution in [0.15, 0.2) is 48.7 Å². The van der Waals surface area contributed by atoms with E-state index in [-0.39, 0.29) is 37.2 Å². The molecule has 11 heteroatoms. The van der Waals surface area contributed by atoms with Gasteiger partial charge in [0.05, 0.1) is 11.0 Å². The van der Waals surface area contributed by atoms with Gasteiger partial charge in [-0.15, -0.1) is 0 Å². The number of amides is 3. The fraction of sp³-hybridized carbons (Fsp3) is 0.417. The smallest absolute Gasteiger partial charge is 0.333 e. The summed E-state index contributed by atoms with van der Waals surface area (Å²) in [5.41, 5.74) is -0.359. The molecular weight excluding hydrogens is 460 g/mol. The molecule has 0 saturated carbocycles. The van der Waals surface area contributed by atoms with Crippen molar-refractivity contribution in [3.8, 4) is 5.75 Å². The van der Waals surface area contributed by atoms with Crippen LogP contribution in [0, 0.1) is 5.41 Å². The summed E-state index contributed by atoms with van der Waals surface area (Å²) in [6, 6.07) is 8.23. The van der Waals surface area contributed by atoms with Gasteiger partial charge in [-0.2, -0.15) is 13.9 Å². The number of piperidine rings is 1. The molecule has 2 aliphatic rings. The van der Waals surface area contributed by atoms with E-state index in [1.54, 1.807) is 24.3 Å². The number of benzene rings is 1. The number of ether oxygens (including phenoxy) is 1. The number of alkyl halides is 2. The molecule has 9 nitrogen and oxygen atoms in total. The molecule has 0 radical (unpaired) electrons. The molecule has 3 amide bonds. The molecule has 2 aliphatic heterocycles. The molecule has 35 heavy (non-hydrogen) atoms. The first-order valence-electron chi connectivity index (χ1n) is 11.5. The standard InChI is InChI=1S/C24H27F2N5O4/c25-23(26)31-13-7-18(29-31)21(33)30-14-9-24(10-15-30)8-3-4-16-35-19-6-2-1-5-17(19)20(32)27-11-12-28-22(24)34/h1-7,13,23H,8-12,14-16H2,(H,27,32)(H,28,34)/b4-3+. The monoisotopic (exact) mass is 487 g/mol. The van der Waals surface area contributed by atoms with E-state index in [1.807, 2.05) is 12.2 Å². The van der Waals surface area contributed by atoms with Crippen molar-refractivity contribution in [2.75, 3.05) is 32.8 Å². The summed E-state index contributed by atoms with van der Waals surface area (Å²) in [6.07, 6.45) is 6.03. The zero-order valence-electron chi connectivity index (χ0n) is 19.1. The van der Waals surface area contributed by atoms with E-state index in [2.05, 4.69) is 15.7 Å². The minimum Gasteiger partial charge on any atom is -0.489 e. The van der Waals surface area contributed by atoms with Crippen LogP contribution in [-0.2, 0) is 4.79 Å². The van der Waals surface area contributed by atoms with Gasteiger partial charge < -0.3 is 20.3 Å². The van der Waals surface area contributed by atoms with Gasteiger partial charge in [-0.05, 0) is 37.5 Å². The van der Waals surface area contributed by atoms with Gasteiger partial charge in [0.1, 0.15) is 12.4 Å². The summed E-state index contributed by atoms with van der Waals surface area (Å²) >= 11 is 0. The Morgan fingerprint density at radius 1 is 1.06 bits per heavy atom. The number of hydrogen-bond donors (Lipinski definition) is 2. The van der Waals surface area contributed by atoms with Gasteiger partial charge in [0.2, 0.25) is 5.91 Å². The molecule has 0 atom stereocenters. The lowest BCUT2D eigenvalue weighted by Gasteiger charge is -2.40. The fourth-order valence-corrected chi connectivity index (χ4v) is 4.31. The summed E-state index contributed by atoms with van der Waals surface area (Å²) in [5, 5.41) is 9.35. The highest BCUT2D eigenvalue weighted by molar-refractivity contribution is 5.97. The Kier molecular flexibility index (Phi) is 7.42. The maximum Gasteiger partial charge on any atom is 0.333 e. The largest absolute Gasteiger partial charge is 0.489 e. The number of para-hydroxylation sites is 1. The van der Waals surface area contributed by atoms with Crippen molar-refractivity contribution < 1.29 is 27.9 Å². The normalized spacial score (nSPS) is 19.8. The first-order valence-corrected chi connectivity index (χ1v) is 11.5. The van der Waals surface area contributed by atoms with Crippen LogP contribution in [0.5, 0.6) is 5.75 Å². The Labute approximate surface area is 201 Å². The molecule has 1 fully saturated rings. The van der Waals surface area contributed by atoms with E-state index in [0.29, 0.717) is 48.3 Å². The molecule has 0 aliphatic carbocycles. The number of nitrogens with one attached hydrogen (secondary N) is 2. The summed E-state index contributed by atoms with van der Waals surface area (Å²) in [5.74, 6) is -0.395. The van der Waals surface area contributed by atoms with Crippen LogP contribution in [0.3, 0.4) is 0 Å². The number of aromatic nitrogens is 2. The van der Waals surface area contributed by atoms with Crippen molar-refractivity contribution in [1.29, 1.82) is 0 Å². The number of rotatable bonds is 2. The van der Waals surface area contributed by atoms with E-state index in [0.717, 1.165) is 6.20 Å². The second-order valence-corrected chi connectivity index (χ2v) is 8.53. The maximum absolute atomic E-state index is 13.2. The molecule has 1 aromatic carbocycles. The average Bonchev–Trinajstić information content (AvgIpc) is 3.37. The van der Waals surface area contributed by atoms with Crippen LogP contribution in [0.1, 0.15) is 46.7 Å². The Morgan fingerprint density at radius 2 is 1.80 bits per heavy atom. The minimum atomic E-state index is -2.82. The third kappa shape index (κ3) is 5.50. The molecule has 186 valence electrons. The number of allylic oxidation sites excluding steroid dienone is 1. The molecule has 2 aromatic rings. The number of nitrogens with zero attached hydrogens (tertiary/aromatic N) is 3. The molecule has 1 aromatic heterocycles. The lowest BCUT2D eigenvalue weighted by molar-refractivity contribution is -0.133. The van der Waals surface area contributed by atoms with Crippen LogP contribution in [0.4, 0.5) is 8.78 Å². The van der Waals surface area contributed by atoms with Crippen LogP contribution in [0.25, 0.3) is 0 Å². The highest BCUT2D eigenvalue weighted by atomic mass is 19.3. The number of carbonyl (C=O) groups excluding carboxylic acids is 3. The van der Waals surface area contributed by atoms with Crippen molar-refractivity contribution in [3.05, 3.63) is 59.9 Å². The second-order valence-electron chi connectivity index (χ2n) is 8.53. The Morgan fingerprint density at radius 3 is 2.54 bits per heavy atom. The Balaban J connectivity index is 1.44. The Hall–Kier alpha value is -3.76. The van der Waals surface area contributed by atoms with Gasteiger partial charge in [0.15, 0.2) is 5.69 Å². The molecule has 2 N–H and O–H groups in total. The van der Waals surface area contributed by atoms with E-state index >= 15 is 0 Å². The van der Waals surface area contributed by atoms with Crippen LogP contribution >= 0.6 is 0 Å². The summed E-state index contributed by atoms with van der Waals surface area (Å²) in [7, 11) is 0. The lowest BCUT2D eigenvalue weighted by atomic mass is 9.74. The van der Waals surface area contributed by atoms with Gasteiger partial charge in [0, 0.05) is 32.4 Å². The number of halogens is 2. The second kappa shape index (κ2) is 10.7. The van der Waals surface area contributed by atoms with E-state index in [4.69, 9.17) is 4.74 Å². The maximum atomic E-state index is 13.2. The molecule has 1 saturated heterocycles. The van der Waals surface area contributed by atoms with Gasteiger partial charge in [-0.25, -0.2) is 4.68 Å². The molecule has 4 rings (SSSR count). The van der Waals surface area contributed by atoms with Gasteiger partial charge >= 0.3 is 6.55 Å². The van der Waals surface area contributed by atoms with Gasteiger partial charge in [0.25, 0.3) is 11.8 Å². The van der Waals surface area contributed by atoms with Crippen molar-refractivity contribution in [3.63, 3.8) is 0 Å². The van der Waals surface area contributed by atoms with E-state index in [1.165, 1.54) is 11.0 Å². The summed E-state index contributed by atoms with van der Waals surface area (Å²) in [6.45, 7) is -1.48. The third-order valence-corrected chi connectivity index (χ3v) is 6.35. The fourth-order valence-electron chi connectivity index (χ4n) is 4.31. The summed E-state index contributed by atoms with van der Waals surface area (Å²) < 4.78 is 31.8. The predicted octanol–water partition coefficient (Wildman–Crippen LogP) is 2.39. The first kappa shape index (κ1) is 24.4. The van der Waals surface area contributed by atoms with Crippen molar-refractivity contribution in [2.24, 2.45) is 5.41 Å². The third-order valence-electron chi connectivity index (χ3n) is 6.35. The first-order chi connectivity index (χ1) is 16.9. The summed E-state index contributed by atoms with van der Waals surface area (Å²) in [4.78, 5) is 39.9. The molecule has 0 bridgehead atoms. The van der Waals surface area contributed by atoms with Gasteiger partial charge in [-0.1, -0.05) is 24.3 Å². The van der Waals surface area contributed by atoms with Crippen LogP contribution in [-0.4, -0.2) is 65.2 Å². The van der Waals surface area contributed by atoms with E-state index < -0.39 is 17.9 Å². The zero-order chi connectivity index (χ0) is 24.8. The van der Waals surface area contributed by atoms with Crippen LogP contribution < -0.4 is 15.4 Å². The number of likely N-dealkylation sites (tertiary alicyclic amines) is 1. The van der Waals surface area contributed by atoms with Crippen molar-refractivity contribution >= 4 is 17.7 Å². The van der Waals surface area contributed by atoms with Crippen molar-refractivity contribution in [2.45, 2.75) is 25.8 Å². The lowest BCUT2D eigenvalue weighted by Crippen LogP contribution is -2.51. The highest BCUT2D eigenvalue weighted by Crippen LogP contribution is 2.36. The number of hydrogen-bond acceptors (Lipinski definition) is 5. The average molecular weight is 488 g/mol. The predicted molar refractivity (Wildman–Crippen MR) is 122 cm³/mol. The van der Waals surface area contributed by atoms with Crippen molar-refractivity contribution in [1.82, 2.24) is 25.3 Å². The van der Waals surface area contributed by atoms with Gasteiger partial charge in [-0.3, -0.25) is 14.4 Å². The quantitative estimate of drug-likeness (QED) is 0.633.